The molecule has 3 aromatic rings. The third kappa shape index (κ3) is 4.88. The summed E-state index contributed by atoms with van der Waals surface area (Å²) >= 11 is 0. The average Bonchev–Trinajstić information content (AvgIpc) is 2.92. The Labute approximate surface area is 203 Å². The molecule has 2 amide bonds. The van der Waals surface area contributed by atoms with Crippen LogP contribution in [0.5, 0.6) is 0 Å². The summed E-state index contributed by atoms with van der Waals surface area (Å²) in [5.74, 6) is 0. The monoisotopic (exact) mass is 453 g/mol. The Morgan fingerprint density at radius 2 is 1.35 bits per heavy atom. The van der Waals surface area contributed by atoms with Gasteiger partial charge < -0.3 is 15.1 Å². The summed E-state index contributed by atoms with van der Waals surface area (Å²) in [5.41, 5.74) is 5.60. The Balaban J connectivity index is 1.11. The molecule has 0 unspecified atom stereocenters. The van der Waals surface area contributed by atoms with Gasteiger partial charge in [-0.25, -0.2) is 4.79 Å². The number of urea groups is 1. The quantitative estimate of drug-likeness (QED) is 0.519. The molecule has 2 heterocycles. The molecule has 1 N–H and O–H groups in total. The van der Waals surface area contributed by atoms with E-state index in [-0.39, 0.29) is 11.4 Å². The zero-order valence-electron chi connectivity index (χ0n) is 20.0. The number of amides is 2. The third-order valence-corrected chi connectivity index (χ3v) is 7.71. The van der Waals surface area contributed by atoms with Gasteiger partial charge in [0, 0.05) is 25.0 Å². The van der Waals surface area contributed by atoms with Crippen LogP contribution in [0.25, 0.3) is 0 Å². The number of hydrogen-bond acceptors (Lipinski definition) is 2. The third-order valence-electron chi connectivity index (χ3n) is 7.71. The van der Waals surface area contributed by atoms with Crippen LogP contribution in [0.15, 0.2) is 84.9 Å². The first kappa shape index (κ1) is 22.7. The molecular formula is C30H35N3O. The number of benzene rings is 3. The molecule has 0 saturated carbocycles. The molecule has 1 saturated heterocycles. The van der Waals surface area contributed by atoms with Crippen molar-refractivity contribution in [3.8, 4) is 0 Å². The maximum absolute atomic E-state index is 12.7. The van der Waals surface area contributed by atoms with E-state index in [4.69, 9.17) is 0 Å². The Kier molecular flexibility index (Phi) is 6.96. The molecule has 0 aliphatic carbocycles. The van der Waals surface area contributed by atoms with Gasteiger partial charge in [0.2, 0.25) is 0 Å². The zero-order chi connectivity index (χ0) is 23.2. The molecular weight excluding hydrogens is 418 g/mol. The topological polar surface area (TPSA) is 35.6 Å². The minimum atomic E-state index is 0.0697. The lowest BCUT2D eigenvalue weighted by molar-refractivity contribution is 0.174. The Morgan fingerprint density at radius 1 is 0.765 bits per heavy atom. The number of likely N-dealkylation sites (tertiary alicyclic amines) is 1. The largest absolute Gasteiger partial charge is 0.338 e. The van der Waals surface area contributed by atoms with Gasteiger partial charge in [0.05, 0.1) is 0 Å². The van der Waals surface area contributed by atoms with Crippen LogP contribution in [-0.4, -0.2) is 48.6 Å². The van der Waals surface area contributed by atoms with Crippen LogP contribution in [0.3, 0.4) is 0 Å². The van der Waals surface area contributed by atoms with E-state index in [0.717, 1.165) is 65.0 Å². The Hall–Kier alpha value is -3.11. The number of carbonyl (C=O) groups is 1. The number of hydrogen-bond donors (Lipinski definition) is 1. The summed E-state index contributed by atoms with van der Waals surface area (Å²) in [7, 11) is 0. The number of fused-ring (bicyclic) bond motifs is 1. The molecule has 4 heteroatoms. The average molecular weight is 454 g/mol. The number of nitrogens with one attached hydrogen (secondary N) is 1. The lowest BCUT2D eigenvalue weighted by atomic mass is 9.68. The van der Waals surface area contributed by atoms with Crippen molar-refractivity contribution in [2.24, 2.45) is 0 Å². The number of nitrogens with zero attached hydrogens (tertiary/aromatic N) is 2. The zero-order valence-corrected chi connectivity index (χ0v) is 20.0. The summed E-state index contributed by atoms with van der Waals surface area (Å²) in [5, 5.41) is 3.15. The highest BCUT2D eigenvalue weighted by atomic mass is 16.2. The molecule has 1 fully saturated rings. The highest BCUT2D eigenvalue weighted by Crippen LogP contribution is 2.41. The first-order chi connectivity index (χ1) is 16.7. The normalized spacial score (nSPS) is 17.7. The van der Waals surface area contributed by atoms with E-state index in [2.05, 4.69) is 95.1 Å². The minimum Gasteiger partial charge on any atom is -0.338 e. The summed E-state index contributed by atoms with van der Waals surface area (Å²) in [6, 6.07) is 30.5. The lowest BCUT2D eigenvalue weighted by Gasteiger charge is -2.43. The fourth-order valence-corrected chi connectivity index (χ4v) is 5.70. The second-order valence-corrected chi connectivity index (χ2v) is 9.68. The second-order valence-electron chi connectivity index (χ2n) is 9.68. The van der Waals surface area contributed by atoms with Crippen LogP contribution in [0.1, 0.15) is 41.5 Å². The van der Waals surface area contributed by atoms with Crippen LogP contribution in [0.4, 0.5) is 4.79 Å². The standard InChI is InChI=1S/C30H35N3O/c34-29(33-21-16-25-10-7-8-11-26(25)24-33)31-19-9-20-32-22-17-30(18-23-32,27-12-3-1-4-13-27)28-14-5-2-6-15-28/h1-8,10-15H,9,16-24H2,(H,31,34). The highest BCUT2D eigenvalue weighted by molar-refractivity contribution is 5.74. The predicted octanol–water partition coefficient (Wildman–Crippen LogP) is 5.23. The molecule has 0 spiro atoms. The van der Waals surface area contributed by atoms with Gasteiger partial charge in [-0.05, 0) is 67.6 Å². The highest BCUT2D eigenvalue weighted by Gasteiger charge is 2.37. The SMILES string of the molecule is O=C(NCCCN1CCC(c2ccccc2)(c2ccccc2)CC1)N1CCc2ccccc2C1. The van der Waals surface area contributed by atoms with E-state index in [1.807, 2.05) is 4.90 Å². The summed E-state index contributed by atoms with van der Waals surface area (Å²) in [6.45, 7) is 5.45. The summed E-state index contributed by atoms with van der Waals surface area (Å²) in [6.07, 6.45) is 4.18. The molecule has 5 rings (SSSR count). The van der Waals surface area contributed by atoms with Crippen LogP contribution < -0.4 is 5.32 Å². The molecule has 0 atom stereocenters. The van der Waals surface area contributed by atoms with Gasteiger partial charge in [-0.1, -0.05) is 84.9 Å². The van der Waals surface area contributed by atoms with Crippen molar-refractivity contribution in [3.63, 3.8) is 0 Å². The van der Waals surface area contributed by atoms with Gasteiger partial charge in [0.25, 0.3) is 0 Å². The van der Waals surface area contributed by atoms with Crippen molar-refractivity contribution in [2.45, 2.75) is 37.6 Å². The van der Waals surface area contributed by atoms with E-state index >= 15 is 0 Å². The fraction of sp³-hybridized carbons (Fsp3) is 0.367. The molecule has 0 bridgehead atoms. The van der Waals surface area contributed by atoms with Crippen molar-refractivity contribution >= 4 is 6.03 Å². The van der Waals surface area contributed by atoms with E-state index in [1.165, 1.54) is 22.3 Å². The van der Waals surface area contributed by atoms with Crippen LogP contribution in [-0.2, 0) is 18.4 Å². The van der Waals surface area contributed by atoms with Crippen molar-refractivity contribution in [1.29, 1.82) is 0 Å². The minimum absolute atomic E-state index is 0.0697. The first-order valence-electron chi connectivity index (χ1n) is 12.7. The van der Waals surface area contributed by atoms with Crippen molar-refractivity contribution in [3.05, 3.63) is 107 Å². The van der Waals surface area contributed by atoms with Gasteiger partial charge in [0.15, 0.2) is 0 Å². The number of piperidine rings is 1. The van der Waals surface area contributed by atoms with Gasteiger partial charge in [0.1, 0.15) is 0 Å². The maximum atomic E-state index is 12.7. The molecule has 0 radical (unpaired) electrons. The molecule has 2 aliphatic heterocycles. The van der Waals surface area contributed by atoms with E-state index < -0.39 is 0 Å². The van der Waals surface area contributed by atoms with Crippen LogP contribution >= 0.6 is 0 Å². The van der Waals surface area contributed by atoms with Gasteiger partial charge in [-0.3, -0.25) is 0 Å². The van der Waals surface area contributed by atoms with Crippen molar-refractivity contribution < 1.29 is 4.79 Å². The van der Waals surface area contributed by atoms with Crippen molar-refractivity contribution in [1.82, 2.24) is 15.1 Å². The smallest absolute Gasteiger partial charge is 0.317 e. The maximum Gasteiger partial charge on any atom is 0.317 e. The van der Waals surface area contributed by atoms with E-state index in [0.29, 0.717) is 0 Å². The van der Waals surface area contributed by atoms with Gasteiger partial charge >= 0.3 is 6.03 Å². The van der Waals surface area contributed by atoms with E-state index in [9.17, 15) is 4.79 Å². The van der Waals surface area contributed by atoms with Gasteiger partial charge in [-0.15, -0.1) is 0 Å². The number of carbonyl (C=O) groups excluding carboxylic acids is 1. The van der Waals surface area contributed by atoms with Crippen LogP contribution in [0, 0.1) is 0 Å². The summed E-state index contributed by atoms with van der Waals surface area (Å²) < 4.78 is 0. The molecule has 4 nitrogen and oxygen atoms in total. The number of rotatable bonds is 6. The predicted molar refractivity (Wildman–Crippen MR) is 138 cm³/mol. The second kappa shape index (κ2) is 10.4. The molecule has 0 aromatic heterocycles. The van der Waals surface area contributed by atoms with E-state index in [1.54, 1.807) is 0 Å². The summed E-state index contributed by atoms with van der Waals surface area (Å²) in [4.78, 5) is 17.2. The fourth-order valence-electron chi connectivity index (χ4n) is 5.70. The molecule has 3 aromatic carbocycles. The first-order valence-corrected chi connectivity index (χ1v) is 12.7. The Morgan fingerprint density at radius 3 is 2.00 bits per heavy atom. The Bertz CT molecular complexity index is 1030. The molecule has 34 heavy (non-hydrogen) atoms. The molecule has 2 aliphatic rings. The van der Waals surface area contributed by atoms with Gasteiger partial charge in [-0.2, -0.15) is 0 Å². The molecule has 176 valence electrons. The lowest BCUT2D eigenvalue weighted by Crippen LogP contribution is -2.45. The van der Waals surface area contributed by atoms with Crippen molar-refractivity contribution in [2.75, 3.05) is 32.7 Å². The van der Waals surface area contributed by atoms with Crippen LogP contribution in [0.2, 0.25) is 0 Å².